The highest BCUT2D eigenvalue weighted by molar-refractivity contribution is 5.74. The quantitative estimate of drug-likeness (QED) is 0.805. The summed E-state index contributed by atoms with van der Waals surface area (Å²) in [7, 11) is 0. The Morgan fingerprint density at radius 1 is 1.24 bits per heavy atom. The Morgan fingerprint density at radius 2 is 1.76 bits per heavy atom. The summed E-state index contributed by atoms with van der Waals surface area (Å²) in [5, 5.41) is 2.40. The predicted octanol–water partition coefficient (Wildman–Crippen LogP) is 2.91. The monoisotopic (exact) mass is 252 g/mol. The van der Waals surface area contributed by atoms with Gasteiger partial charge in [0.2, 0.25) is 0 Å². The van der Waals surface area contributed by atoms with Gasteiger partial charge >= 0.3 is 12.2 Å². The van der Waals surface area contributed by atoms with Crippen LogP contribution in [0.3, 0.4) is 0 Å². The summed E-state index contributed by atoms with van der Waals surface area (Å²) in [5.74, 6) is 0. The summed E-state index contributed by atoms with van der Waals surface area (Å²) >= 11 is 0. The topological polar surface area (TPSA) is 32.3 Å². The summed E-state index contributed by atoms with van der Waals surface area (Å²) in [6, 6.07) is -1.24. The zero-order chi connectivity index (χ0) is 12.9. The number of urea groups is 1. The van der Waals surface area contributed by atoms with Crippen LogP contribution in [0.15, 0.2) is 0 Å². The first-order valence-electron chi connectivity index (χ1n) is 6.00. The van der Waals surface area contributed by atoms with Gasteiger partial charge in [0.1, 0.15) is 0 Å². The molecule has 1 rings (SSSR count). The van der Waals surface area contributed by atoms with E-state index < -0.39 is 18.6 Å². The standard InChI is InChI=1S/C11H19F3N2O/c1-9(8-11(12,13)14)15-10(17)16-6-4-2-3-5-7-16/h9H,2-8H2,1H3,(H,15,17). The van der Waals surface area contributed by atoms with E-state index in [1.807, 2.05) is 0 Å². The molecule has 0 bridgehead atoms. The Balaban J connectivity index is 2.36. The molecular weight excluding hydrogens is 233 g/mol. The minimum atomic E-state index is -4.23. The van der Waals surface area contributed by atoms with Crippen LogP contribution in [-0.4, -0.2) is 36.2 Å². The van der Waals surface area contributed by atoms with E-state index >= 15 is 0 Å². The number of alkyl halides is 3. The molecule has 2 amide bonds. The molecule has 1 aliphatic heterocycles. The van der Waals surface area contributed by atoms with E-state index in [1.54, 1.807) is 4.90 Å². The van der Waals surface area contributed by atoms with Gasteiger partial charge in [-0.05, 0) is 19.8 Å². The normalized spacial score (nSPS) is 19.6. The van der Waals surface area contributed by atoms with E-state index in [4.69, 9.17) is 0 Å². The average molecular weight is 252 g/mol. The Bertz CT molecular complexity index is 248. The average Bonchev–Trinajstić information content (AvgIpc) is 2.41. The van der Waals surface area contributed by atoms with Crippen molar-refractivity contribution in [3.05, 3.63) is 0 Å². The fourth-order valence-electron chi connectivity index (χ4n) is 1.97. The molecule has 0 aromatic carbocycles. The lowest BCUT2D eigenvalue weighted by molar-refractivity contribution is -0.138. The van der Waals surface area contributed by atoms with Gasteiger partial charge in [0, 0.05) is 19.1 Å². The van der Waals surface area contributed by atoms with E-state index in [2.05, 4.69) is 5.32 Å². The Labute approximate surface area is 99.4 Å². The van der Waals surface area contributed by atoms with Crippen molar-refractivity contribution in [3.8, 4) is 0 Å². The molecule has 1 saturated heterocycles. The second kappa shape index (κ2) is 6.12. The highest BCUT2D eigenvalue weighted by Gasteiger charge is 2.31. The van der Waals surface area contributed by atoms with Crippen molar-refractivity contribution in [1.82, 2.24) is 10.2 Å². The lowest BCUT2D eigenvalue weighted by Crippen LogP contribution is -2.45. The molecule has 0 aliphatic carbocycles. The molecule has 17 heavy (non-hydrogen) atoms. The summed E-state index contributed by atoms with van der Waals surface area (Å²) in [6.45, 7) is 2.67. The highest BCUT2D eigenvalue weighted by Crippen LogP contribution is 2.21. The van der Waals surface area contributed by atoms with Crippen LogP contribution in [0.1, 0.15) is 39.0 Å². The van der Waals surface area contributed by atoms with Crippen molar-refractivity contribution in [3.63, 3.8) is 0 Å². The number of hydrogen-bond donors (Lipinski definition) is 1. The molecule has 100 valence electrons. The number of rotatable bonds is 2. The van der Waals surface area contributed by atoms with E-state index in [0.29, 0.717) is 13.1 Å². The molecule has 0 aromatic heterocycles. The summed E-state index contributed by atoms with van der Waals surface area (Å²) in [6.07, 6.45) is -1.18. The molecule has 1 fully saturated rings. The van der Waals surface area contributed by atoms with Crippen LogP contribution in [0.25, 0.3) is 0 Å². The van der Waals surface area contributed by atoms with Crippen molar-refractivity contribution in [2.45, 2.75) is 51.2 Å². The van der Waals surface area contributed by atoms with Crippen LogP contribution in [0.2, 0.25) is 0 Å². The third-order valence-corrected chi connectivity index (χ3v) is 2.80. The maximum absolute atomic E-state index is 12.1. The third-order valence-electron chi connectivity index (χ3n) is 2.80. The molecule has 0 spiro atoms. The largest absolute Gasteiger partial charge is 0.391 e. The van der Waals surface area contributed by atoms with Gasteiger partial charge < -0.3 is 10.2 Å². The number of likely N-dealkylation sites (tertiary alicyclic amines) is 1. The Kier molecular flexibility index (Phi) is 5.08. The van der Waals surface area contributed by atoms with Crippen LogP contribution in [0, 0.1) is 0 Å². The highest BCUT2D eigenvalue weighted by atomic mass is 19.4. The van der Waals surface area contributed by atoms with Crippen molar-refractivity contribution in [2.24, 2.45) is 0 Å². The second-order valence-corrected chi connectivity index (χ2v) is 4.57. The minimum absolute atomic E-state index is 0.372. The second-order valence-electron chi connectivity index (χ2n) is 4.57. The fraction of sp³-hybridized carbons (Fsp3) is 0.909. The number of nitrogens with zero attached hydrogens (tertiary/aromatic N) is 1. The van der Waals surface area contributed by atoms with Gasteiger partial charge in [-0.3, -0.25) is 0 Å². The van der Waals surface area contributed by atoms with Gasteiger partial charge in [-0.1, -0.05) is 12.8 Å². The number of hydrogen-bond acceptors (Lipinski definition) is 1. The minimum Gasteiger partial charge on any atom is -0.335 e. The first-order chi connectivity index (χ1) is 7.88. The molecule has 0 radical (unpaired) electrons. The maximum Gasteiger partial charge on any atom is 0.391 e. The van der Waals surface area contributed by atoms with Crippen LogP contribution >= 0.6 is 0 Å². The molecular formula is C11H19F3N2O. The van der Waals surface area contributed by atoms with Gasteiger partial charge in [0.25, 0.3) is 0 Å². The van der Waals surface area contributed by atoms with E-state index in [-0.39, 0.29) is 6.03 Å². The van der Waals surface area contributed by atoms with Gasteiger partial charge in [-0.15, -0.1) is 0 Å². The molecule has 1 heterocycles. The van der Waals surface area contributed by atoms with E-state index in [9.17, 15) is 18.0 Å². The number of carbonyl (C=O) groups excluding carboxylic acids is 1. The molecule has 1 aliphatic rings. The smallest absolute Gasteiger partial charge is 0.335 e. The van der Waals surface area contributed by atoms with Gasteiger partial charge in [-0.25, -0.2) is 4.79 Å². The first kappa shape index (κ1) is 14.1. The first-order valence-corrected chi connectivity index (χ1v) is 6.00. The van der Waals surface area contributed by atoms with Gasteiger partial charge in [0.15, 0.2) is 0 Å². The third kappa shape index (κ3) is 5.79. The van der Waals surface area contributed by atoms with Crippen molar-refractivity contribution >= 4 is 6.03 Å². The predicted molar refractivity (Wildman–Crippen MR) is 58.7 cm³/mol. The molecule has 3 nitrogen and oxygen atoms in total. The maximum atomic E-state index is 12.1. The van der Waals surface area contributed by atoms with E-state index in [1.165, 1.54) is 6.92 Å². The summed E-state index contributed by atoms with van der Waals surface area (Å²) < 4.78 is 36.3. The van der Waals surface area contributed by atoms with Crippen molar-refractivity contribution in [1.29, 1.82) is 0 Å². The van der Waals surface area contributed by atoms with Crippen LogP contribution in [0.5, 0.6) is 0 Å². The molecule has 0 saturated carbocycles. The van der Waals surface area contributed by atoms with Crippen LogP contribution in [0.4, 0.5) is 18.0 Å². The SMILES string of the molecule is CC(CC(F)(F)F)NC(=O)N1CCCCCC1. The number of amides is 2. The van der Waals surface area contributed by atoms with Crippen LogP contribution in [-0.2, 0) is 0 Å². The van der Waals surface area contributed by atoms with Crippen LogP contribution < -0.4 is 5.32 Å². The lowest BCUT2D eigenvalue weighted by Gasteiger charge is -2.24. The number of carbonyl (C=O) groups is 1. The summed E-state index contributed by atoms with van der Waals surface area (Å²) in [5.41, 5.74) is 0. The van der Waals surface area contributed by atoms with Gasteiger partial charge in [-0.2, -0.15) is 13.2 Å². The fourth-order valence-corrected chi connectivity index (χ4v) is 1.97. The zero-order valence-corrected chi connectivity index (χ0v) is 10.0. The molecule has 1 unspecified atom stereocenters. The summed E-state index contributed by atoms with van der Waals surface area (Å²) in [4.78, 5) is 13.3. The number of nitrogens with one attached hydrogen (secondary N) is 1. The molecule has 6 heteroatoms. The Morgan fingerprint density at radius 3 is 2.24 bits per heavy atom. The lowest BCUT2D eigenvalue weighted by atomic mass is 10.2. The molecule has 0 aromatic rings. The van der Waals surface area contributed by atoms with E-state index in [0.717, 1.165) is 25.7 Å². The molecule has 1 atom stereocenters. The molecule has 1 N–H and O–H groups in total. The number of halogens is 3. The zero-order valence-electron chi connectivity index (χ0n) is 10.0. The van der Waals surface area contributed by atoms with Crippen molar-refractivity contribution in [2.75, 3.05) is 13.1 Å². The van der Waals surface area contributed by atoms with Crippen molar-refractivity contribution < 1.29 is 18.0 Å². The Hall–Kier alpha value is -0.940. The van der Waals surface area contributed by atoms with Gasteiger partial charge in [0.05, 0.1) is 6.42 Å².